The second-order valence-electron chi connectivity index (χ2n) is 5.05. The molecule has 96 valence electrons. The second-order valence-corrected chi connectivity index (χ2v) is 5.05. The Morgan fingerprint density at radius 2 is 1.76 bits per heavy atom. The molecule has 0 aromatic carbocycles. The van der Waals surface area contributed by atoms with Gasteiger partial charge in [0.25, 0.3) is 5.91 Å². The third-order valence-corrected chi connectivity index (χ3v) is 2.55. The summed E-state index contributed by atoms with van der Waals surface area (Å²) in [6.45, 7) is 7.06. The van der Waals surface area contributed by atoms with Gasteiger partial charge in [0.2, 0.25) is 5.78 Å². The highest BCUT2D eigenvalue weighted by molar-refractivity contribution is 6.40. The monoisotopic (exact) mass is 241 g/mol. The van der Waals surface area contributed by atoms with Crippen molar-refractivity contribution < 1.29 is 19.4 Å². The molecule has 1 rings (SSSR count). The van der Waals surface area contributed by atoms with Gasteiger partial charge in [-0.1, -0.05) is 20.8 Å². The number of amides is 1. The fraction of sp³-hybridized carbons (Fsp3) is 0.667. The van der Waals surface area contributed by atoms with Crippen LogP contribution in [0.15, 0.2) is 11.8 Å². The summed E-state index contributed by atoms with van der Waals surface area (Å²) in [4.78, 5) is 24.8. The number of aliphatic hydroxyl groups excluding tert-OH is 1. The summed E-state index contributed by atoms with van der Waals surface area (Å²) in [7, 11) is 0. The molecule has 1 saturated heterocycles. The van der Waals surface area contributed by atoms with Gasteiger partial charge >= 0.3 is 0 Å². The summed E-state index contributed by atoms with van der Waals surface area (Å²) < 4.78 is 5.09. The number of allylic oxidation sites excluding steroid dienone is 1. The molecule has 0 radical (unpaired) electrons. The van der Waals surface area contributed by atoms with Gasteiger partial charge in [-0.25, -0.2) is 0 Å². The van der Waals surface area contributed by atoms with Crippen LogP contribution in [0.2, 0.25) is 0 Å². The molecule has 0 aliphatic carbocycles. The van der Waals surface area contributed by atoms with E-state index in [1.807, 2.05) is 0 Å². The lowest BCUT2D eigenvalue weighted by Crippen LogP contribution is -2.43. The van der Waals surface area contributed by atoms with E-state index in [4.69, 9.17) is 4.74 Å². The number of hydrogen-bond acceptors (Lipinski definition) is 4. The Hall–Kier alpha value is -1.36. The van der Waals surface area contributed by atoms with Crippen LogP contribution in [0, 0.1) is 5.41 Å². The third kappa shape index (κ3) is 3.85. The predicted molar refractivity (Wildman–Crippen MR) is 62.6 cm³/mol. The first-order valence-electron chi connectivity index (χ1n) is 5.64. The van der Waals surface area contributed by atoms with E-state index in [1.54, 1.807) is 20.8 Å². The summed E-state index contributed by atoms with van der Waals surface area (Å²) >= 11 is 0. The van der Waals surface area contributed by atoms with Gasteiger partial charge in [0.15, 0.2) is 0 Å². The summed E-state index contributed by atoms with van der Waals surface area (Å²) in [6, 6.07) is 0. The van der Waals surface area contributed by atoms with E-state index in [1.165, 1.54) is 4.90 Å². The Morgan fingerprint density at radius 3 is 2.24 bits per heavy atom. The van der Waals surface area contributed by atoms with E-state index in [0.29, 0.717) is 26.3 Å². The van der Waals surface area contributed by atoms with Crippen LogP contribution in [-0.2, 0) is 14.3 Å². The van der Waals surface area contributed by atoms with Crippen molar-refractivity contribution in [2.75, 3.05) is 26.3 Å². The standard InChI is InChI=1S/C12H19NO4/c1-12(2,3)10(15)8-9(14)11(16)13-4-6-17-7-5-13/h8,15H,4-7H2,1-3H3/b10-8-. The zero-order valence-corrected chi connectivity index (χ0v) is 10.5. The van der Waals surface area contributed by atoms with Crippen molar-refractivity contribution in [2.24, 2.45) is 5.41 Å². The number of carbonyl (C=O) groups is 2. The highest BCUT2D eigenvalue weighted by atomic mass is 16.5. The number of rotatable bonds is 2. The Labute approximate surface area is 101 Å². The average molecular weight is 241 g/mol. The van der Waals surface area contributed by atoms with Crippen molar-refractivity contribution in [3.63, 3.8) is 0 Å². The first kappa shape index (κ1) is 13.7. The molecule has 0 bridgehead atoms. The van der Waals surface area contributed by atoms with Gasteiger partial charge in [0.1, 0.15) is 5.76 Å². The quantitative estimate of drug-likeness (QED) is 0.443. The Bertz CT molecular complexity index is 335. The fourth-order valence-electron chi connectivity index (χ4n) is 1.32. The van der Waals surface area contributed by atoms with Crippen molar-refractivity contribution in [3.05, 3.63) is 11.8 Å². The number of ether oxygens (including phenoxy) is 1. The predicted octanol–water partition coefficient (Wildman–Crippen LogP) is 0.902. The number of morpholine rings is 1. The van der Waals surface area contributed by atoms with Crippen molar-refractivity contribution >= 4 is 11.7 Å². The largest absolute Gasteiger partial charge is 0.512 e. The van der Waals surface area contributed by atoms with Crippen LogP contribution < -0.4 is 0 Å². The van der Waals surface area contributed by atoms with Gasteiger partial charge in [-0.3, -0.25) is 9.59 Å². The molecule has 1 amide bonds. The SMILES string of the molecule is CC(C)(C)/C(O)=C/C(=O)C(=O)N1CCOCC1. The molecular formula is C12H19NO4. The van der Waals surface area contributed by atoms with Gasteiger partial charge in [-0.05, 0) is 0 Å². The van der Waals surface area contributed by atoms with Crippen LogP contribution in [-0.4, -0.2) is 48.0 Å². The average Bonchev–Trinajstić information content (AvgIpc) is 2.27. The summed E-state index contributed by atoms with van der Waals surface area (Å²) in [6.07, 6.45) is 1.01. The topological polar surface area (TPSA) is 66.8 Å². The molecule has 0 saturated carbocycles. The Morgan fingerprint density at radius 1 is 1.24 bits per heavy atom. The molecule has 5 heteroatoms. The normalized spacial score (nSPS) is 18.1. The summed E-state index contributed by atoms with van der Waals surface area (Å²) in [5.74, 6) is -1.34. The lowest BCUT2D eigenvalue weighted by Gasteiger charge is -2.26. The number of carbonyl (C=O) groups excluding carboxylic acids is 2. The number of hydrogen-bond donors (Lipinski definition) is 1. The fourth-order valence-corrected chi connectivity index (χ4v) is 1.32. The molecule has 0 unspecified atom stereocenters. The maximum Gasteiger partial charge on any atom is 0.294 e. The number of nitrogens with zero attached hydrogens (tertiary/aromatic N) is 1. The van der Waals surface area contributed by atoms with Crippen LogP contribution >= 0.6 is 0 Å². The van der Waals surface area contributed by atoms with Gasteiger partial charge < -0.3 is 14.7 Å². The molecule has 0 aromatic heterocycles. The Kier molecular flexibility index (Phi) is 4.28. The van der Waals surface area contributed by atoms with Crippen LogP contribution in [0.5, 0.6) is 0 Å². The van der Waals surface area contributed by atoms with Crippen LogP contribution in [0.1, 0.15) is 20.8 Å². The molecule has 1 N–H and O–H groups in total. The maximum atomic E-state index is 11.7. The minimum absolute atomic E-state index is 0.0795. The number of ketones is 1. The van der Waals surface area contributed by atoms with Crippen molar-refractivity contribution in [1.29, 1.82) is 0 Å². The van der Waals surface area contributed by atoms with Crippen molar-refractivity contribution in [1.82, 2.24) is 4.90 Å². The first-order chi connectivity index (χ1) is 7.82. The highest BCUT2D eigenvalue weighted by Gasteiger charge is 2.24. The molecule has 1 aliphatic heterocycles. The molecule has 0 spiro atoms. The van der Waals surface area contributed by atoms with Gasteiger partial charge in [-0.15, -0.1) is 0 Å². The molecule has 1 fully saturated rings. The highest BCUT2D eigenvalue weighted by Crippen LogP contribution is 2.22. The molecular weight excluding hydrogens is 222 g/mol. The summed E-state index contributed by atoms with van der Waals surface area (Å²) in [5.41, 5.74) is -0.527. The minimum Gasteiger partial charge on any atom is -0.512 e. The molecule has 0 atom stereocenters. The lowest BCUT2D eigenvalue weighted by molar-refractivity contribution is -0.145. The van der Waals surface area contributed by atoms with E-state index < -0.39 is 17.1 Å². The van der Waals surface area contributed by atoms with Crippen LogP contribution in [0.25, 0.3) is 0 Å². The molecule has 1 heterocycles. The third-order valence-electron chi connectivity index (χ3n) is 2.55. The maximum absolute atomic E-state index is 11.7. The van der Waals surface area contributed by atoms with Crippen LogP contribution in [0.3, 0.4) is 0 Å². The number of aliphatic hydroxyl groups is 1. The molecule has 17 heavy (non-hydrogen) atoms. The Balaban J connectivity index is 2.67. The van der Waals surface area contributed by atoms with Crippen molar-refractivity contribution in [3.8, 4) is 0 Å². The van der Waals surface area contributed by atoms with Gasteiger partial charge in [0, 0.05) is 24.6 Å². The zero-order valence-electron chi connectivity index (χ0n) is 10.5. The smallest absolute Gasteiger partial charge is 0.294 e. The zero-order chi connectivity index (χ0) is 13.1. The van der Waals surface area contributed by atoms with E-state index in [9.17, 15) is 14.7 Å². The van der Waals surface area contributed by atoms with E-state index in [0.717, 1.165) is 6.08 Å². The van der Waals surface area contributed by atoms with Gasteiger partial charge in [-0.2, -0.15) is 0 Å². The molecule has 0 aromatic rings. The van der Waals surface area contributed by atoms with E-state index >= 15 is 0 Å². The molecule has 1 aliphatic rings. The van der Waals surface area contributed by atoms with E-state index in [-0.39, 0.29) is 5.76 Å². The lowest BCUT2D eigenvalue weighted by atomic mass is 9.93. The van der Waals surface area contributed by atoms with Crippen molar-refractivity contribution in [2.45, 2.75) is 20.8 Å². The van der Waals surface area contributed by atoms with E-state index in [2.05, 4.69) is 0 Å². The second kappa shape index (κ2) is 5.31. The van der Waals surface area contributed by atoms with Gasteiger partial charge in [0.05, 0.1) is 13.2 Å². The minimum atomic E-state index is -0.681. The molecule has 5 nitrogen and oxygen atoms in total. The summed E-state index contributed by atoms with van der Waals surface area (Å²) in [5, 5.41) is 9.65. The van der Waals surface area contributed by atoms with Crippen LogP contribution in [0.4, 0.5) is 0 Å². The first-order valence-corrected chi connectivity index (χ1v) is 5.64.